The second-order valence-corrected chi connectivity index (χ2v) is 5.27. The topological polar surface area (TPSA) is 55.1 Å². The van der Waals surface area contributed by atoms with Crippen LogP contribution in [0.25, 0.3) is 0 Å². The summed E-state index contributed by atoms with van der Waals surface area (Å²) in [5.74, 6) is -0.517. The van der Waals surface area contributed by atoms with E-state index in [1.54, 1.807) is 6.07 Å². The first kappa shape index (κ1) is 14.1. The van der Waals surface area contributed by atoms with E-state index in [0.29, 0.717) is 16.8 Å². The van der Waals surface area contributed by atoms with Gasteiger partial charge in [-0.05, 0) is 30.5 Å². The highest BCUT2D eigenvalue weighted by Gasteiger charge is 2.16. The average Bonchev–Trinajstić information content (AvgIpc) is 2.22. The fourth-order valence-corrected chi connectivity index (χ4v) is 1.79. The third-order valence-corrected chi connectivity index (χ3v) is 2.74. The normalized spacial score (nSPS) is 12.6. The van der Waals surface area contributed by atoms with Crippen LogP contribution in [-0.4, -0.2) is 11.9 Å². The fourth-order valence-electron chi connectivity index (χ4n) is 1.43. The van der Waals surface area contributed by atoms with Crippen LogP contribution in [-0.2, 0) is 4.79 Å². The zero-order valence-corrected chi connectivity index (χ0v) is 11.4. The van der Waals surface area contributed by atoms with E-state index in [1.807, 2.05) is 13.8 Å². The van der Waals surface area contributed by atoms with Gasteiger partial charge >= 0.3 is 0 Å². The summed E-state index contributed by atoms with van der Waals surface area (Å²) in [7, 11) is 0. The average molecular weight is 303 g/mol. The molecule has 1 unspecified atom stereocenters. The van der Waals surface area contributed by atoms with Gasteiger partial charge < -0.3 is 11.1 Å². The van der Waals surface area contributed by atoms with Crippen LogP contribution in [0.2, 0.25) is 0 Å². The molecule has 0 spiro atoms. The van der Waals surface area contributed by atoms with E-state index in [2.05, 4.69) is 21.2 Å². The van der Waals surface area contributed by atoms with E-state index in [4.69, 9.17) is 5.73 Å². The summed E-state index contributed by atoms with van der Waals surface area (Å²) in [4.78, 5) is 11.7. The smallest absolute Gasteiger partial charge is 0.241 e. The van der Waals surface area contributed by atoms with Gasteiger partial charge in [-0.25, -0.2) is 4.39 Å². The van der Waals surface area contributed by atoms with Gasteiger partial charge in [-0.1, -0.05) is 29.8 Å². The van der Waals surface area contributed by atoms with Crippen molar-refractivity contribution in [3.8, 4) is 0 Å². The molecular formula is C12H16BrFN2O. The SMILES string of the molecule is CC(C)CC(N)C(=O)Nc1cc(Br)ccc1F. The van der Waals surface area contributed by atoms with Crippen molar-refractivity contribution in [3.63, 3.8) is 0 Å². The molecule has 0 heterocycles. The first-order valence-corrected chi connectivity index (χ1v) is 6.21. The van der Waals surface area contributed by atoms with Crippen molar-refractivity contribution < 1.29 is 9.18 Å². The summed E-state index contributed by atoms with van der Waals surface area (Å²) in [6, 6.07) is 3.75. The van der Waals surface area contributed by atoms with Gasteiger partial charge in [-0.3, -0.25) is 4.79 Å². The van der Waals surface area contributed by atoms with Crippen molar-refractivity contribution in [3.05, 3.63) is 28.5 Å². The van der Waals surface area contributed by atoms with Crippen LogP contribution in [0, 0.1) is 11.7 Å². The number of anilines is 1. The maximum atomic E-state index is 13.4. The van der Waals surface area contributed by atoms with Gasteiger partial charge in [0.05, 0.1) is 11.7 Å². The molecule has 0 aliphatic rings. The Hall–Kier alpha value is -0.940. The zero-order chi connectivity index (χ0) is 13.0. The van der Waals surface area contributed by atoms with Crippen molar-refractivity contribution in [1.29, 1.82) is 0 Å². The van der Waals surface area contributed by atoms with Crippen molar-refractivity contribution >= 4 is 27.5 Å². The van der Waals surface area contributed by atoms with E-state index in [-0.39, 0.29) is 11.6 Å². The summed E-state index contributed by atoms with van der Waals surface area (Å²) in [5.41, 5.74) is 5.85. The quantitative estimate of drug-likeness (QED) is 0.898. The maximum Gasteiger partial charge on any atom is 0.241 e. The summed E-state index contributed by atoms with van der Waals surface area (Å²) in [6.45, 7) is 3.96. The van der Waals surface area contributed by atoms with E-state index in [1.165, 1.54) is 12.1 Å². The summed E-state index contributed by atoms with van der Waals surface area (Å²) in [6.07, 6.45) is 0.571. The zero-order valence-electron chi connectivity index (χ0n) is 9.84. The summed E-state index contributed by atoms with van der Waals surface area (Å²) >= 11 is 3.21. The number of hydrogen-bond acceptors (Lipinski definition) is 2. The molecule has 3 nitrogen and oxygen atoms in total. The lowest BCUT2D eigenvalue weighted by Gasteiger charge is -2.14. The molecular weight excluding hydrogens is 287 g/mol. The van der Waals surface area contributed by atoms with Crippen LogP contribution in [0.1, 0.15) is 20.3 Å². The third kappa shape index (κ3) is 4.44. The molecule has 1 aromatic rings. The molecule has 0 aliphatic carbocycles. The fraction of sp³-hybridized carbons (Fsp3) is 0.417. The summed E-state index contributed by atoms with van der Waals surface area (Å²) < 4.78 is 14.1. The first-order chi connectivity index (χ1) is 7.90. The van der Waals surface area contributed by atoms with E-state index in [9.17, 15) is 9.18 Å². The molecule has 0 saturated heterocycles. The highest BCUT2D eigenvalue weighted by atomic mass is 79.9. The second-order valence-electron chi connectivity index (χ2n) is 4.35. The number of nitrogens with two attached hydrogens (primary N) is 1. The van der Waals surface area contributed by atoms with E-state index < -0.39 is 11.9 Å². The molecule has 0 radical (unpaired) electrons. The Morgan fingerprint density at radius 3 is 2.76 bits per heavy atom. The molecule has 1 atom stereocenters. The number of nitrogens with one attached hydrogen (secondary N) is 1. The molecule has 1 rings (SSSR count). The summed E-state index contributed by atoms with van der Waals surface area (Å²) in [5, 5.41) is 2.49. The minimum Gasteiger partial charge on any atom is -0.322 e. The van der Waals surface area contributed by atoms with Gasteiger partial charge in [-0.15, -0.1) is 0 Å². The number of benzene rings is 1. The predicted octanol–water partition coefficient (Wildman–Crippen LogP) is 2.90. The van der Waals surface area contributed by atoms with Crippen LogP contribution in [0.3, 0.4) is 0 Å². The van der Waals surface area contributed by atoms with Gasteiger partial charge in [-0.2, -0.15) is 0 Å². The molecule has 0 aliphatic heterocycles. The Morgan fingerprint density at radius 1 is 1.53 bits per heavy atom. The first-order valence-electron chi connectivity index (χ1n) is 5.41. The Bertz CT molecular complexity index is 409. The molecule has 94 valence electrons. The van der Waals surface area contributed by atoms with Crippen molar-refractivity contribution in [2.45, 2.75) is 26.3 Å². The van der Waals surface area contributed by atoms with Crippen LogP contribution in [0.15, 0.2) is 22.7 Å². The number of carbonyl (C=O) groups excluding carboxylic acids is 1. The molecule has 1 amide bonds. The lowest BCUT2D eigenvalue weighted by molar-refractivity contribution is -0.117. The molecule has 0 saturated carbocycles. The molecule has 1 aromatic carbocycles. The Labute approximate surface area is 109 Å². The minimum absolute atomic E-state index is 0.142. The molecule has 0 aromatic heterocycles. The van der Waals surface area contributed by atoms with Gasteiger partial charge in [0.15, 0.2) is 0 Å². The lowest BCUT2D eigenvalue weighted by atomic mass is 10.0. The van der Waals surface area contributed by atoms with Gasteiger partial charge in [0.2, 0.25) is 5.91 Å². The van der Waals surface area contributed by atoms with E-state index >= 15 is 0 Å². The van der Waals surface area contributed by atoms with Crippen LogP contribution in [0.5, 0.6) is 0 Å². The third-order valence-electron chi connectivity index (χ3n) is 2.25. The van der Waals surface area contributed by atoms with Gasteiger partial charge in [0.1, 0.15) is 5.82 Å². The minimum atomic E-state index is -0.617. The number of halogens is 2. The van der Waals surface area contributed by atoms with Crippen molar-refractivity contribution in [1.82, 2.24) is 0 Å². The molecule has 0 fully saturated rings. The highest BCUT2D eigenvalue weighted by Crippen LogP contribution is 2.20. The number of carbonyl (C=O) groups is 1. The standard InChI is InChI=1S/C12H16BrFN2O/c1-7(2)5-10(15)12(17)16-11-6-8(13)3-4-9(11)14/h3-4,6-7,10H,5,15H2,1-2H3,(H,16,17). The Morgan fingerprint density at radius 2 is 2.18 bits per heavy atom. The number of rotatable bonds is 4. The Kier molecular flexibility index (Phi) is 5.08. The Balaban J connectivity index is 2.70. The monoisotopic (exact) mass is 302 g/mol. The largest absolute Gasteiger partial charge is 0.322 e. The number of amides is 1. The van der Waals surface area contributed by atoms with E-state index in [0.717, 1.165) is 0 Å². The molecule has 3 N–H and O–H groups in total. The predicted molar refractivity (Wildman–Crippen MR) is 70.2 cm³/mol. The molecule has 5 heteroatoms. The molecule has 0 bridgehead atoms. The van der Waals surface area contributed by atoms with Crippen LogP contribution >= 0.6 is 15.9 Å². The van der Waals surface area contributed by atoms with Crippen LogP contribution in [0.4, 0.5) is 10.1 Å². The van der Waals surface area contributed by atoms with Gasteiger partial charge in [0, 0.05) is 4.47 Å². The van der Waals surface area contributed by atoms with Crippen molar-refractivity contribution in [2.75, 3.05) is 5.32 Å². The van der Waals surface area contributed by atoms with Gasteiger partial charge in [0.25, 0.3) is 0 Å². The second kappa shape index (κ2) is 6.12. The number of hydrogen-bond donors (Lipinski definition) is 2. The maximum absolute atomic E-state index is 13.4. The molecule has 17 heavy (non-hydrogen) atoms. The van der Waals surface area contributed by atoms with Crippen molar-refractivity contribution in [2.24, 2.45) is 11.7 Å². The lowest BCUT2D eigenvalue weighted by Crippen LogP contribution is -2.36. The van der Waals surface area contributed by atoms with Crippen LogP contribution < -0.4 is 11.1 Å². The highest BCUT2D eigenvalue weighted by molar-refractivity contribution is 9.10.